The van der Waals surface area contributed by atoms with Crippen molar-refractivity contribution in [1.29, 1.82) is 0 Å². The molecule has 2 aromatic rings. The Kier molecular flexibility index (Phi) is 9.23. The van der Waals surface area contributed by atoms with Crippen molar-refractivity contribution in [3.05, 3.63) is 52.5 Å². The van der Waals surface area contributed by atoms with E-state index in [1.807, 2.05) is 0 Å². The predicted molar refractivity (Wildman–Crippen MR) is 115 cm³/mol. The number of carbonyl (C=O) groups is 1. The molecule has 164 valence electrons. The molecule has 0 aliphatic rings. The van der Waals surface area contributed by atoms with Crippen LogP contribution >= 0.6 is 23.2 Å². The zero-order valence-electron chi connectivity index (χ0n) is 16.3. The van der Waals surface area contributed by atoms with Crippen molar-refractivity contribution < 1.29 is 27.8 Å². The fourth-order valence-corrected chi connectivity index (χ4v) is 3.34. The molecule has 0 heterocycles. The first-order valence-corrected chi connectivity index (χ1v) is 11.8. The summed E-state index contributed by atoms with van der Waals surface area (Å²) in [5, 5.41) is 13.2. The quantitative estimate of drug-likeness (QED) is 0.484. The summed E-state index contributed by atoms with van der Waals surface area (Å²) < 4.78 is 33.7. The highest BCUT2D eigenvalue weighted by Gasteiger charge is 2.11. The number of amides is 1. The fourth-order valence-electron chi connectivity index (χ4n) is 2.37. The van der Waals surface area contributed by atoms with Crippen molar-refractivity contribution in [2.24, 2.45) is 0 Å². The van der Waals surface area contributed by atoms with Crippen molar-refractivity contribution >= 4 is 38.9 Å². The summed E-state index contributed by atoms with van der Waals surface area (Å²) >= 11 is 11.9. The first-order valence-electron chi connectivity index (χ1n) is 9.11. The van der Waals surface area contributed by atoms with Crippen LogP contribution in [0.3, 0.4) is 0 Å². The molecule has 0 fully saturated rings. The van der Waals surface area contributed by atoms with Crippen LogP contribution in [0.15, 0.2) is 47.4 Å². The number of aliphatic hydroxyl groups is 1. The van der Waals surface area contributed by atoms with Gasteiger partial charge in [-0.3, -0.25) is 4.79 Å². The molecule has 2 N–H and O–H groups in total. The minimum Gasteiger partial charge on any atom is -0.494 e. The van der Waals surface area contributed by atoms with Gasteiger partial charge in [-0.1, -0.05) is 29.3 Å². The molecule has 10 heteroatoms. The molecule has 1 amide bonds. The van der Waals surface area contributed by atoms with E-state index in [0.717, 1.165) is 6.26 Å². The van der Waals surface area contributed by atoms with Gasteiger partial charge in [0.2, 0.25) is 5.91 Å². The van der Waals surface area contributed by atoms with Crippen molar-refractivity contribution in [1.82, 2.24) is 5.32 Å². The molecule has 0 spiro atoms. The molecule has 2 aromatic carbocycles. The van der Waals surface area contributed by atoms with Crippen LogP contribution in [-0.4, -0.2) is 51.5 Å². The fraction of sp³-hybridized carbons (Fsp3) is 0.350. The van der Waals surface area contributed by atoms with Gasteiger partial charge in [-0.15, -0.1) is 0 Å². The number of hydrogen-bond donors (Lipinski definition) is 2. The summed E-state index contributed by atoms with van der Waals surface area (Å²) in [7, 11) is -3.24. The number of benzene rings is 2. The first-order chi connectivity index (χ1) is 14.2. The number of carbonyl (C=O) groups excluding carboxylic acids is 1. The minimum atomic E-state index is -3.24. The lowest BCUT2D eigenvalue weighted by Gasteiger charge is -2.14. The van der Waals surface area contributed by atoms with Gasteiger partial charge < -0.3 is 19.9 Å². The van der Waals surface area contributed by atoms with Crippen molar-refractivity contribution in [3.8, 4) is 11.5 Å². The second kappa shape index (κ2) is 11.4. The van der Waals surface area contributed by atoms with Crippen LogP contribution in [-0.2, 0) is 14.6 Å². The van der Waals surface area contributed by atoms with Crippen LogP contribution in [0.25, 0.3) is 0 Å². The molecule has 0 aliphatic heterocycles. The maximum atomic E-state index is 11.9. The Morgan fingerprint density at radius 2 is 1.83 bits per heavy atom. The summed E-state index contributed by atoms with van der Waals surface area (Å²) in [6.07, 6.45) is 0.907. The molecule has 2 rings (SSSR count). The smallest absolute Gasteiger partial charge is 0.220 e. The number of nitrogens with one attached hydrogen (secondary N) is 1. The van der Waals surface area contributed by atoms with E-state index in [9.17, 15) is 18.3 Å². The number of hydrogen-bond acceptors (Lipinski definition) is 6. The topological polar surface area (TPSA) is 102 Å². The molecule has 7 nitrogen and oxygen atoms in total. The lowest BCUT2D eigenvalue weighted by molar-refractivity contribution is -0.121. The maximum Gasteiger partial charge on any atom is 0.220 e. The Labute approximate surface area is 185 Å². The van der Waals surface area contributed by atoms with E-state index in [2.05, 4.69) is 5.32 Å². The van der Waals surface area contributed by atoms with E-state index < -0.39 is 15.9 Å². The molecule has 1 unspecified atom stereocenters. The molecule has 0 saturated carbocycles. The van der Waals surface area contributed by atoms with Crippen LogP contribution in [0, 0.1) is 0 Å². The van der Waals surface area contributed by atoms with E-state index in [4.69, 9.17) is 32.7 Å². The van der Waals surface area contributed by atoms with Crippen LogP contribution in [0.5, 0.6) is 11.5 Å². The third-order valence-electron chi connectivity index (χ3n) is 3.95. The number of sulfone groups is 1. The molecular formula is C20H23Cl2NO6S. The summed E-state index contributed by atoms with van der Waals surface area (Å²) in [5.41, 5.74) is 0. The van der Waals surface area contributed by atoms with Crippen LogP contribution in [0.4, 0.5) is 0 Å². The van der Waals surface area contributed by atoms with Gasteiger partial charge in [0, 0.05) is 19.2 Å². The molecule has 1 atom stereocenters. The van der Waals surface area contributed by atoms with Gasteiger partial charge in [-0.25, -0.2) is 8.42 Å². The zero-order chi connectivity index (χ0) is 22.1. The Bertz CT molecular complexity index is 950. The zero-order valence-corrected chi connectivity index (χ0v) is 18.6. The molecule has 0 radical (unpaired) electrons. The highest BCUT2D eigenvalue weighted by atomic mass is 35.5. The van der Waals surface area contributed by atoms with Crippen molar-refractivity contribution in [3.63, 3.8) is 0 Å². The molecule has 0 bridgehead atoms. The van der Waals surface area contributed by atoms with Gasteiger partial charge in [0.05, 0.1) is 16.5 Å². The van der Waals surface area contributed by atoms with Crippen LogP contribution in [0.1, 0.15) is 12.8 Å². The standard InChI is InChI=1S/C20H23Cl2NO6S/c1-30(26,27)16-9-7-15(8-10-16)28-11-3-6-19(25)23-12-14(24)13-29-18-5-2-4-17(21)20(18)22/h2,4-5,7-10,14,24H,3,6,11-13H2,1H3,(H,23,25). The van der Waals surface area contributed by atoms with Crippen LogP contribution in [0.2, 0.25) is 10.0 Å². The number of rotatable bonds is 11. The van der Waals surface area contributed by atoms with Gasteiger partial charge in [-0.2, -0.15) is 0 Å². The lowest BCUT2D eigenvalue weighted by Crippen LogP contribution is -2.35. The SMILES string of the molecule is CS(=O)(=O)c1ccc(OCCCC(=O)NCC(O)COc2cccc(Cl)c2Cl)cc1. The highest BCUT2D eigenvalue weighted by molar-refractivity contribution is 7.90. The Balaban J connectivity index is 1.62. The molecule has 0 saturated heterocycles. The molecular weight excluding hydrogens is 453 g/mol. The molecule has 0 aromatic heterocycles. The second-order valence-electron chi connectivity index (χ2n) is 6.52. The molecule has 0 aliphatic carbocycles. The molecule has 30 heavy (non-hydrogen) atoms. The number of aliphatic hydroxyl groups excluding tert-OH is 1. The Hall–Kier alpha value is -2.00. The average molecular weight is 476 g/mol. The monoisotopic (exact) mass is 475 g/mol. The van der Waals surface area contributed by atoms with E-state index in [1.54, 1.807) is 30.3 Å². The van der Waals surface area contributed by atoms with E-state index >= 15 is 0 Å². The predicted octanol–water partition coefficient (Wildman–Crippen LogP) is 3.11. The average Bonchev–Trinajstić information content (AvgIpc) is 2.70. The third kappa shape index (κ3) is 8.02. The largest absolute Gasteiger partial charge is 0.494 e. The van der Waals surface area contributed by atoms with E-state index in [-0.39, 0.29) is 35.4 Å². The lowest BCUT2D eigenvalue weighted by atomic mass is 10.3. The number of ether oxygens (including phenoxy) is 2. The maximum absolute atomic E-state index is 11.9. The normalized spacial score (nSPS) is 12.3. The van der Waals surface area contributed by atoms with Crippen molar-refractivity contribution in [2.75, 3.05) is 26.0 Å². The summed E-state index contributed by atoms with van der Waals surface area (Å²) in [4.78, 5) is 12.1. The first kappa shape index (κ1) is 24.3. The minimum absolute atomic E-state index is 0.0326. The van der Waals surface area contributed by atoms with Gasteiger partial charge >= 0.3 is 0 Å². The van der Waals surface area contributed by atoms with E-state index in [0.29, 0.717) is 29.5 Å². The van der Waals surface area contributed by atoms with Gasteiger partial charge in [0.1, 0.15) is 29.2 Å². The summed E-state index contributed by atoms with van der Waals surface area (Å²) in [6.45, 7) is 0.280. The highest BCUT2D eigenvalue weighted by Crippen LogP contribution is 2.31. The summed E-state index contributed by atoms with van der Waals surface area (Å²) in [5.74, 6) is 0.650. The third-order valence-corrected chi connectivity index (χ3v) is 5.88. The Morgan fingerprint density at radius 3 is 2.50 bits per heavy atom. The summed E-state index contributed by atoms with van der Waals surface area (Å²) in [6, 6.07) is 11.0. The Morgan fingerprint density at radius 1 is 1.13 bits per heavy atom. The van der Waals surface area contributed by atoms with Crippen LogP contribution < -0.4 is 14.8 Å². The van der Waals surface area contributed by atoms with Gasteiger partial charge in [-0.05, 0) is 42.8 Å². The van der Waals surface area contributed by atoms with Gasteiger partial charge in [0.25, 0.3) is 0 Å². The number of halogens is 2. The van der Waals surface area contributed by atoms with Crippen molar-refractivity contribution in [2.45, 2.75) is 23.8 Å². The van der Waals surface area contributed by atoms with Gasteiger partial charge in [0.15, 0.2) is 9.84 Å². The van der Waals surface area contributed by atoms with E-state index in [1.165, 1.54) is 12.1 Å². The second-order valence-corrected chi connectivity index (χ2v) is 9.32.